The standard InChI is InChI=1S/C46H82O11Si/c1-15-39(49-14)36(10)44-40(55-44)32-45(12,52-29-27-50-16-2)25-20-21-34(8)43-35(9)22-23-41(54-37(11)47)46(13,53-30-28-51-17-3)26-24-38(31-42(48)56-43)57-58(18-4,19-5)33(6)7/h20-23,25,33,35-36,38-41,43-44H,15-19,24,26-32H2,1-14H3/b23-22+,25-20+,34-21+. The van der Waals surface area contributed by atoms with Gasteiger partial charge in [0.2, 0.25) is 0 Å². The Morgan fingerprint density at radius 1 is 1.02 bits per heavy atom. The predicted octanol–water partition coefficient (Wildman–Crippen LogP) is 9.33. The molecule has 0 spiro atoms. The third-order valence-corrected chi connectivity index (χ3v) is 17.6. The van der Waals surface area contributed by atoms with E-state index in [9.17, 15) is 9.59 Å². The lowest BCUT2D eigenvalue weighted by Crippen LogP contribution is -2.47. The van der Waals surface area contributed by atoms with E-state index in [0.29, 0.717) is 64.4 Å². The fourth-order valence-electron chi connectivity index (χ4n) is 8.34. The van der Waals surface area contributed by atoms with Crippen LogP contribution >= 0.6 is 0 Å². The zero-order chi connectivity index (χ0) is 43.5. The number of epoxide rings is 1. The summed E-state index contributed by atoms with van der Waals surface area (Å²) < 4.78 is 55.5. The van der Waals surface area contributed by atoms with Crippen LogP contribution < -0.4 is 0 Å². The molecule has 2 rings (SSSR count). The highest BCUT2D eigenvalue weighted by molar-refractivity contribution is 6.75. The van der Waals surface area contributed by atoms with Crippen molar-refractivity contribution in [2.45, 2.75) is 188 Å². The molecule has 0 radical (unpaired) electrons. The molecule has 1 saturated heterocycles. The largest absolute Gasteiger partial charge is 0.457 e. The van der Waals surface area contributed by atoms with Crippen molar-refractivity contribution in [3.63, 3.8) is 0 Å². The van der Waals surface area contributed by atoms with Crippen LogP contribution in [0.2, 0.25) is 17.6 Å². The summed E-state index contributed by atoms with van der Waals surface area (Å²) in [6, 6.07) is 1.88. The molecule has 0 N–H and O–H groups in total. The van der Waals surface area contributed by atoms with Gasteiger partial charge in [0.05, 0.1) is 62.9 Å². The van der Waals surface area contributed by atoms with E-state index in [1.54, 1.807) is 7.11 Å². The first kappa shape index (κ1) is 52.2. The average Bonchev–Trinajstić information content (AvgIpc) is 3.94. The number of hydrogen-bond donors (Lipinski definition) is 0. The van der Waals surface area contributed by atoms with Crippen LogP contribution in [-0.2, 0) is 51.9 Å². The van der Waals surface area contributed by atoms with Crippen LogP contribution in [0.4, 0.5) is 0 Å². The smallest absolute Gasteiger partial charge is 0.308 e. The number of hydrogen-bond acceptors (Lipinski definition) is 11. The number of esters is 2. The van der Waals surface area contributed by atoms with Gasteiger partial charge in [0.25, 0.3) is 0 Å². The molecule has 2 heterocycles. The number of methoxy groups -OCH3 is 1. The first-order valence-electron chi connectivity index (χ1n) is 22.2. The van der Waals surface area contributed by atoms with Crippen molar-refractivity contribution in [2.75, 3.05) is 46.8 Å². The van der Waals surface area contributed by atoms with E-state index in [2.05, 4.69) is 54.5 Å². The van der Waals surface area contributed by atoms with Crippen molar-refractivity contribution in [2.24, 2.45) is 11.8 Å². The first-order valence-corrected chi connectivity index (χ1v) is 24.6. The summed E-state index contributed by atoms with van der Waals surface area (Å²) in [4.78, 5) is 26.6. The van der Waals surface area contributed by atoms with Crippen molar-refractivity contribution in [3.05, 3.63) is 36.0 Å². The third kappa shape index (κ3) is 16.5. The van der Waals surface area contributed by atoms with Gasteiger partial charge in [0.15, 0.2) is 8.32 Å². The number of carbonyl (C=O) groups excluding carboxylic acids is 2. The van der Waals surface area contributed by atoms with E-state index in [0.717, 1.165) is 24.1 Å². The van der Waals surface area contributed by atoms with Gasteiger partial charge in [-0.3, -0.25) is 9.59 Å². The molecule has 0 bridgehead atoms. The van der Waals surface area contributed by atoms with Gasteiger partial charge >= 0.3 is 11.9 Å². The van der Waals surface area contributed by atoms with Crippen LogP contribution in [0.25, 0.3) is 0 Å². The fourth-order valence-corrected chi connectivity index (χ4v) is 11.9. The molecular weight excluding hydrogens is 757 g/mol. The minimum Gasteiger partial charge on any atom is -0.457 e. The molecule has 58 heavy (non-hydrogen) atoms. The van der Waals surface area contributed by atoms with E-state index < -0.39 is 37.7 Å². The average molecular weight is 839 g/mol. The summed E-state index contributed by atoms with van der Waals surface area (Å²) in [5.74, 6) is -0.709. The Bertz CT molecular complexity index is 1290. The Hall–Kier alpha value is -1.90. The van der Waals surface area contributed by atoms with Gasteiger partial charge in [-0.25, -0.2) is 0 Å². The number of allylic oxidation sites excluding steroid dienone is 2. The number of carbonyl (C=O) groups is 2. The molecule has 2 aliphatic rings. The van der Waals surface area contributed by atoms with Gasteiger partial charge in [-0.2, -0.15) is 0 Å². The molecule has 11 nitrogen and oxygen atoms in total. The van der Waals surface area contributed by atoms with Crippen LogP contribution in [-0.4, -0.2) is 115 Å². The van der Waals surface area contributed by atoms with Crippen LogP contribution in [0, 0.1) is 11.8 Å². The normalized spacial score (nSPS) is 28.9. The molecule has 10 unspecified atom stereocenters. The van der Waals surface area contributed by atoms with Crippen LogP contribution in [0.3, 0.4) is 0 Å². The first-order chi connectivity index (χ1) is 27.5. The number of rotatable bonds is 25. The molecule has 12 heteroatoms. The summed E-state index contributed by atoms with van der Waals surface area (Å²) in [6.07, 6.45) is 11.3. The summed E-state index contributed by atoms with van der Waals surface area (Å²) in [5, 5.41) is 0. The summed E-state index contributed by atoms with van der Waals surface area (Å²) in [5.41, 5.74) is -0.302. The second-order valence-corrected chi connectivity index (χ2v) is 21.9. The van der Waals surface area contributed by atoms with Gasteiger partial charge < -0.3 is 42.3 Å². The highest BCUT2D eigenvalue weighted by Gasteiger charge is 2.48. The lowest BCUT2D eigenvalue weighted by Gasteiger charge is -2.40. The molecule has 0 aromatic rings. The second kappa shape index (κ2) is 25.8. The Morgan fingerprint density at radius 3 is 2.24 bits per heavy atom. The van der Waals surface area contributed by atoms with Gasteiger partial charge in [-0.15, -0.1) is 0 Å². The Balaban J connectivity index is 2.53. The highest BCUT2D eigenvalue weighted by Crippen LogP contribution is 2.40. The minimum absolute atomic E-state index is 0.0514. The molecule has 0 aromatic carbocycles. The van der Waals surface area contributed by atoms with Crippen molar-refractivity contribution in [1.29, 1.82) is 0 Å². The van der Waals surface area contributed by atoms with Crippen LogP contribution in [0.1, 0.15) is 122 Å². The van der Waals surface area contributed by atoms with Gasteiger partial charge in [0.1, 0.15) is 17.8 Å². The maximum Gasteiger partial charge on any atom is 0.308 e. The molecular formula is C46H82O11Si. The van der Waals surface area contributed by atoms with E-state index in [-0.39, 0.29) is 48.6 Å². The summed E-state index contributed by atoms with van der Waals surface area (Å²) in [7, 11) is -0.448. The Labute approximate surface area is 353 Å². The molecule has 0 aliphatic carbocycles. The topological polar surface area (TPSA) is 121 Å². The van der Waals surface area contributed by atoms with Gasteiger partial charge in [-0.1, -0.05) is 72.8 Å². The van der Waals surface area contributed by atoms with E-state index in [1.807, 2.05) is 58.9 Å². The van der Waals surface area contributed by atoms with Crippen LogP contribution in [0.5, 0.6) is 0 Å². The maximum absolute atomic E-state index is 14.0. The van der Waals surface area contributed by atoms with E-state index >= 15 is 0 Å². The lowest BCUT2D eigenvalue weighted by atomic mass is 9.88. The minimum atomic E-state index is -2.21. The molecule has 10 atom stereocenters. The monoisotopic (exact) mass is 839 g/mol. The zero-order valence-electron chi connectivity index (χ0n) is 38.8. The molecule has 336 valence electrons. The second-order valence-electron chi connectivity index (χ2n) is 17.0. The van der Waals surface area contributed by atoms with Crippen molar-refractivity contribution in [3.8, 4) is 0 Å². The third-order valence-electron chi connectivity index (χ3n) is 12.2. The molecule has 0 aromatic heterocycles. The highest BCUT2D eigenvalue weighted by atomic mass is 28.4. The molecule has 0 amide bonds. The van der Waals surface area contributed by atoms with E-state index in [4.69, 9.17) is 42.3 Å². The summed E-state index contributed by atoms with van der Waals surface area (Å²) in [6.45, 7) is 29.4. The van der Waals surface area contributed by atoms with Crippen LogP contribution in [0.15, 0.2) is 36.0 Å². The number of cyclic esters (lactones) is 1. The zero-order valence-corrected chi connectivity index (χ0v) is 39.8. The summed E-state index contributed by atoms with van der Waals surface area (Å²) >= 11 is 0. The molecule has 2 aliphatic heterocycles. The quantitative estimate of drug-likeness (QED) is 0.0219. The van der Waals surface area contributed by atoms with Crippen molar-refractivity contribution < 1.29 is 51.9 Å². The molecule has 1 fully saturated rings. The fraction of sp³-hybridized carbons (Fsp3) is 0.826. The lowest BCUT2D eigenvalue weighted by molar-refractivity contribution is -0.166. The Morgan fingerprint density at radius 2 is 1.67 bits per heavy atom. The van der Waals surface area contributed by atoms with Crippen molar-refractivity contribution >= 4 is 20.3 Å². The predicted molar refractivity (Wildman–Crippen MR) is 232 cm³/mol. The SMILES string of the molecule is CCOCCOC(C)(/C=C/C=C(\C)C1OC(=O)CC(O[Si](CC)(CC)C(C)C)CCC(C)(OCCOCC)C(OC(C)=O)/C=C/C1C)CC1OC1C(C)C(CC)OC. The van der Waals surface area contributed by atoms with Crippen molar-refractivity contribution in [1.82, 2.24) is 0 Å². The molecule has 0 saturated carbocycles. The maximum atomic E-state index is 14.0. The number of ether oxygens (including phenoxy) is 8. The van der Waals surface area contributed by atoms with Gasteiger partial charge in [-0.05, 0) is 83.2 Å². The van der Waals surface area contributed by atoms with Gasteiger partial charge in [0, 0.05) is 45.5 Å². The van der Waals surface area contributed by atoms with E-state index in [1.165, 1.54) is 6.92 Å². The Kier molecular flexibility index (Phi) is 23.2.